The van der Waals surface area contributed by atoms with Gasteiger partial charge in [0.15, 0.2) is 11.5 Å². The molecule has 0 radical (unpaired) electrons. The van der Waals surface area contributed by atoms with Crippen LogP contribution >= 0.6 is 0 Å². The van der Waals surface area contributed by atoms with Crippen molar-refractivity contribution in [2.45, 2.75) is 32.3 Å². The number of hydrogen-bond donors (Lipinski definition) is 1. The minimum absolute atomic E-state index is 0.0661. The van der Waals surface area contributed by atoms with E-state index in [2.05, 4.69) is 0 Å². The van der Waals surface area contributed by atoms with Crippen LogP contribution in [0.25, 0.3) is 0 Å². The standard InChI is InChI=1S/C20H24O5/c1-13(2)25-16-7-5-6-14(10-16)11-17(20(21)22)15-8-9-18(23-3)19(12-15)24-4/h5-10,12-13,17H,11H2,1-4H3,(H,21,22). The Morgan fingerprint density at radius 3 is 2.36 bits per heavy atom. The zero-order chi connectivity index (χ0) is 18.4. The summed E-state index contributed by atoms with van der Waals surface area (Å²) >= 11 is 0. The SMILES string of the molecule is COc1ccc(C(Cc2cccc(OC(C)C)c2)C(=O)O)cc1OC. The van der Waals surface area contributed by atoms with Gasteiger partial charge in [-0.1, -0.05) is 18.2 Å². The summed E-state index contributed by atoms with van der Waals surface area (Å²) < 4.78 is 16.2. The minimum Gasteiger partial charge on any atom is -0.493 e. The van der Waals surface area contributed by atoms with Crippen LogP contribution in [0.15, 0.2) is 42.5 Å². The molecular weight excluding hydrogens is 320 g/mol. The molecule has 134 valence electrons. The molecule has 1 unspecified atom stereocenters. The predicted molar refractivity (Wildman–Crippen MR) is 95.8 cm³/mol. The van der Waals surface area contributed by atoms with Gasteiger partial charge < -0.3 is 19.3 Å². The monoisotopic (exact) mass is 344 g/mol. The Bertz CT molecular complexity index is 724. The molecule has 1 atom stereocenters. The molecular formula is C20H24O5. The quantitative estimate of drug-likeness (QED) is 0.787. The lowest BCUT2D eigenvalue weighted by Gasteiger charge is -2.16. The van der Waals surface area contributed by atoms with E-state index in [-0.39, 0.29) is 6.10 Å². The summed E-state index contributed by atoms with van der Waals surface area (Å²) in [5.74, 6) is 0.256. The van der Waals surface area contributed by atoms with Crippen molar-refractivity contribution in [2.75, 3.05) is 14.2 Å². The van der Waals surface area contributed by atoms with E-state index < -0.39 is 11.9 Å². The normalized spacial score (nSPS) is 11.9. The van der Waals surface area contributed by atoms with E-state index in [9.17, 15) is 9.90 Å². The molecule has 2 aromatic carbocycles. The number of carboxylic acids is 1. The highest BCUT2D eigenvalue weighted by atomic mass is 16.5. The van der Waals surface area contributed by atoms with Crippen LogP contribution in [0.3, 0.4) is 0 Å². The molecule has 0 aliphatic heterocycles. The fourth-order valence-corrected chi connectivity index (χ4v) is 2.67. The third-order valence-corrected chi connectivity index (χ3v) is 3.82. The second-order valence-electron chi connectivity index (χ2n) is 6.02. The highest BCUT2D eigenvalue weighted by Gasteiger charge is 2.22. The van der Waals surface area contributed by atoms with Gasteiger partial charge in [0.2, 0.25) is 0 Å². The minimum atomic E-state index is -0.887. The Kier molecular flexibility index (Phi) is 6.28. The fourth-order valence-electron chi connectivity index (χ4n) is 2.67. The molecule has 5 nitrogen and oxygen atoms in total. The number of hydrogen-bond acceptors (Lipinski definition) is 4. The first kappa shape index (κ1) is 18.6. The van der Waals surface area contributed by atoms with Gasteiger partial charge in [-0.3, -0.25) is 4.79 Å². The Hall–Kier alpha value is -2.69. The lowest BCUT2D eigenvalue weighted by atomic mass is 9.91. The molecule has 0 fully saturated rings. The van der Waals surface area contributed by atoms with Crippen molar-refractivity contribution in [3.8, 4) is 17.2 Å². The summed E-state index contributed by atoms with van der Waals surface area (Å²) in [6.07, 6.45) is 0.427. The van der Waals surface area contributed by atoms with Crippen LogP contribution in [0, 0.1) is 0 Å². The lowest BCUT2D eigenvalue weighted by Crippen LogP contribution is -2.15. The zero-order valence-electron chi connectivity index (χ0n) is 15.0. The smallest absolute Gasteiger partial charge is 0.311 e. The van der Waals surface area contributed by atoms with Crippen molar-refractivity contribution in [1.82, 2.24) is 0 Å². The Morgan fingerprint density at radius 2 is 1.76 bits per heavy atom. The van der Waals surface area contributed by atoms with Gasteiger partial charge in [0, 0.05) is 0 Å². The van der Waals surface area contributed by atoms with Gasteiger partial charge in [0.05, 0.1) is 26.2 Å². The number of methoxy groups -OCH3 is 2. The highest BCUT2D eigenvalue weighted by Crippen LogP contribution is 2.32. The number of ether oxygens (including phenoxy) is 3. The van der Waals surface area contributed by atoms with Crippen LogP contribution in [-0.2, 0) is 11.2 Å². The summed E-state index contributed by atoms with van der Waals surface area (Å²) in [6.45, 7) is 3.91. The molecule has 0 aliphatic rings. The van der Waals surface area contributed by atoms with Gasteiger partial charge >= 0.3 is 5.97 Å². The summed E-state index contributed by atoms with van der Waals surface area (Å²) in [5.41, 5.74) is 1.57. The molecule has 5 heteroatoms. The first-order chi connectivity index (χ1) is 11.9. The topological polar surface area (TPSA) is 65.0 Å². The van der Waals surface area contributed by atoms with E-state index in [0.717, 1.165) is 11.3 Å². The average molecular weight is 344 g/mol. The van der Waals surface area contributed by atoms with Gasteiger partial charge in [0.25, 0.3) is 0 Å². The van der Waals surface area contributed by atoms with E-state index in [0.29, 0.717) is 23.5 Å². The third kappa shape index (κ3) is 4.89. The van der Waals surface area contributed by atoms with E-state index in [1.165, 1.54) is 7.11 Å². The number of carboxylic acid groups (broad SMARTS) is 1. The molecule has 0 heterocycles. The van der Waals surface area contributed by atoms with Crippen molar-refractivity contribution < 1.29 is 24.1 Å². The van der Waals surface area contributed by atoms with Crippen molar-refractivity contribution in [3.05, 3.63) is 53.6 Å². The summed E-state index contributed by atoms with van der Waals surface area (Å²) in [5, 5.41) is 9.69. The van der Waals surface area contributed by atoms with E-state index in [1.807, 2.05) is 38.1 Å². The molecule has 0 bridgehead atoms. The van der Waals surface area contributed by atoms with Gasteiger partial charge in [0.1, 0.15) is 5.75 Å². The number of carbonyl (C=O) groups is 1. The maximum Gasteiger partial charge on any atom is 0.311 e. The van der Waals surface area contributed by atoms with Crippen molar-refractivity contribution >= 4 is 5.97 Å². The maximum absolute atomic E-state index is 11.8. The van der Waals surface area contributed by atoms with Crippen molar-refractivity contribution in [2.24, 2.45) is 0 Å². The highest BCUT2D eigenvalue weighted by molar-refractivity contribution is 5.77. The number of benzene rings is 2. The van der Waals surface area contributed by atoms with Crippen LogP contribution in [0.2, 0.25) is 0 Å². The van der Waals surface area contributed by atoms with E-state index >= 15 is 0 Å². The molecule has 25 heavy (non-hydrogen) atoms. The van der Waals surface area contributed by atoms with Crippen LogP contribution < -0.4 is 14.2 Å². The molecule has 1 N–H and O–H groups in total. The summed E-state index contributed by atoms with van der Waals surface area (Å²) in [6, 6.07) is 12.7. The molecule has 2 aromatic rings. The Balaban J connectivity index is 2.29. The van der Waals surface area contributed by atoms with Gasteiger partial charge in [-0.2, -0.15) is 0 Å². The average Bonchev–Trinajstić information content (AvgIpc) is 2.58. The van der Waals surface area contributed by atoms with Crippen molar-refractivity contribution in [1.29, 1.82) is 0 Å². The van der Waals surface area contributed by atoms with Crippen LogP contribution in [-0.4, -0.2) is 31.4 Å². The second-order valence-corrected chi connectivity index (χ2v) is 6.02. The van der Waals surface area contributed by atoms with E-state index in [1.54, 1.807) is 25.3 Å². The van der Waals surface area contributed by atoms with Crippen molar-refractivity contribution in [3.63, 3.8) is 0 Å². The van der Waals surface area contributed by atoms with Crippen LogP contribution in [0.5, 0.6) is 17.2 Å². The third-order valence-electron chi connectivity index (χ3n) is 3.82. The predicted octanol–water partition coefficient (Wildman–Crippen LogP) is 3.90. The number of rotatable bonds is 8. The Labute approximate surface area is 148 Å². The first-order valence-electron chi connectivity index (χ1n) is 8.15. The van der Waals surface area contributed by atoms with E-state index in [4.69, 9.17) is 14.2 Å². The lowest BCUT2D eigenvalue weighted by molar-refractivity contribution is -0.138. The summed E-state index contributed by atoms with van der Waals surface area (Å²) in [4.78, 5) is 11.8. The van der Waals surface area contributed by atoms with Gasteiger partial charge in [-0.15, -0.1) is 0 Å². The molecule has 2 rings (SSSR count). The molecule has 0 spiro atoms. The molecule has 0 saturated carbocycles. The van der Waals surface area contributed by atoms with Crippen LogP contribution in [0.4, 0.5) is 0 Å². The Morgan fingerprint density at radius 1 is 1.04 bits per heavy atom. The largest absolute Gasteiger partial charge is 0.493 e. The fraction of sp³-hybridized carbons (Fsp3) is 0.350. The molecule has 0 aliphatic carbocycles. The van der Waals surface area contributed by atoms with Gasteiger partial charge in [-0.25, -0.2) is 0 Å². The van der Waals surface area contributed by atoms with Gasteiger partial charge in [-0.05, 0) is 55.7 Å². The molecule has 0 saturated heterocycles. The number of aliphatic carboxylic acids is 1. The second kappa shape index (κ2) is 8.42. The molecule has 0 amide bonds. The molecule has 0 aromatic heterocycles. The maximum atomic E-state index is 11.8. The zero-order valence-corrected chi connectivity index (χ0v) is 15.0. The van der Waals surface area contributed by atoms with Crippen LogP contribution in [0.1, 0.15) is 30.9 Å². The summed E-state index contributed by atoms with van der Waals surface area (Å²) in [7, 11) is 3.08. The first-order valence-corrected chi connectivity index (χ1v) is 8.15.